The molecule has 0 aromatic rings. The fourth-order valence-corrected chi connectivity index (χ4v) is 8.40. The lowest BCUT2D eigenvalue weighted by Gasteiger charge is -2.21. The van der Waals surface area contributed by atoms with E-state index in [2.05, 4.69) is 31.3 Å². The van der Waals surface area contributed by atoms with Crippen molar-refractivity contribution in [3.63, 3.8) is 0 Å². The Kier molecular flexibility index (Phi) is 48.5. The third-order valence-electron chi connectivity index (χ3n) is 12.5. The standard InChI is InChI=1S/C54H105NO4/c1-3-5-7-9-11-13-15-17-19-21-23-24-25-26-27-28-30-31-33-35-37-39-41-43-45-47-51(57)49-54(59)55-52(50-56)53(58)48-46-44-42-40-38-36-34-32-29-22-20-18-16-14-12-10-8-6-4-2/h26-27,46,48,51-53,56-58H,3-25,28-45,47,49-50H2,1-2H3,(H,55,59)/b27-26-,48-46+. The van der Waals surface area contributed by atoms with Crippen LogP contribution >= 0.6 is 0 Å². The molecule has 1 amide bonds. The van der Waals surface area contributed by atoms with E-state index in [9.17, 15) is 20.1 Å². The Hall–Kier alpha value is -1.17. The van der Waals surface area contributed by atoms with Crippen LogP contribution in [0.15, 0.2) is 24.3 Å². The first-order valence-corrected chi connectivity index (χ1v) is 26.6. The molecule has 0 fully saturated rings. The number of amides is 1. The summed E-state index contributed by atoms with van der Waals surface area (Å²) in [6.45, 7) is 4.24. The van der Waals surface area contributed by atoms with E-state index in [1.54, 1.807) is 6.08 Å². The number of rotatable bonds is 49. The van der Waals surface area contributed by atoms with Gasteiger partial charge in [-0.2, -0.15) is 0 Å². The summed E-state index contributed by atoms with van der Waals surface area (Å²) in [5.74, 6) is -0.313. The monoisotopic (exact) mass is 832 g/mol. The molecular weight excluding hydrogens is 727 g/mol. The summed E-state index contributed by atoms with van der Waals surface area (Å²) in [6.07, 6.45) is 62.1. The minimum Gasteiger partial charge on any atom is -0.394 e. The van der Waals surface area contributed by atoms with E-state index >= 15 is 0 Å². The van der Waals surface area contributed by atoms with Crippen LogP contribution in [0, 0.1) is 0 Å². The van der Waals surface area contributed by atoms with Crippen molar-refractivity contribution in [2.75, 3.05) is 6.61 Å². The lowest BCUT2D eigenvalue weighted by Crippen LogP contribution is -2.45. The Balaban J connectivity index is 3.58. The Morgan fingerprint density at radius 3 is 1.03 bits per heavy atom. The SMILES string of the molecule is CCCCCCCCCCCCCC/C=C\CCCCCCCCCCCC(O)CC(=O)NC(CO)C(O)/C=C/CCCCCCCCCCCCCCCCCCC. The highest BCUT2D eigenvalue weighted by atomic mass is 16.3. The van der Waals surface area contributed by atoms with E-state index in [1.807, 2.05) is 6.08 Å². The predicted octanol–water partition coefficient (Wildman–Crippen LogP) is 16.1. The van der Waals surface area contributed by atoms with E-state index in [-0.39, 0.29) is 18.9 Å². The fourth-order valence-electron chi connectivity index (χ4n) is 8.40. The van der Waals surface area contributed by atoms with Crippen molar-refractivity contribution >= 4 is 5.91 Å². The maximum absolute atomic E-state index is 12.5. The number of carbonyl (C=O) groups is 1. The molecule has 59 heavy (non-hydrogen) atoms. The molecule has 0 aliphatic carbocycles. The molecule has 5 heteroatoms. The molecule has 0 aliphatic heterocycles. The van der Waals surface area contributed by atoms with Gasteiger partial charge in [-0.3, -0.25) is 4.79 Å². The van der Waals surface area contributed by atoms with Gasteiger partial charge >= 0.3 is 0 Å². The van der Waals surface area contributed by atoms with Gasteiger partial charge in [0.05, 0.1) is 31.3 Å². The average molecular weight is 832 g/mol. The number of hydrogen-bond donors (Lipinski definition) is 4. The lowest BCUT2D eigenvalue weighted by molar-refractivity contribution is -0.124. The van der Waals surface area contributed by atoms with Crippen molar-refractivity contribution in [1.82, 2.24) is 5.32 Å². The second-order valence-corrected chi connectivity index (χ2v) is 18.5. The number of unbranched alkanes of at least 4 members (excludes halogenated alkanes) is 38. The van der Waals surface area contributed by atoms with Crippen LogP contribution in [0.1, 0.15) is 290 Å². The van der Waals surface area contributed by atoms with Gasteiger partial charge < -0.3 is 20.6 Å². The van der Waals surface area contributed by atoms with Crippen molar-refractivity contribution in [1.29, 1.82) is 0 Å². The largest absolute Gasteiger partial charge is 0.394 e. The first kappa shape index (κ1) is 57.8. The molecule has 0 aliphatic rings. The summed E-state index contributed by atoms with van der Waals surface area (Å²) in [5.41, 5.74) is 0. The summed E-state index contributed by atoms with van der Waals surface area (Å²) in [5, 5.41) is 33.4. The van der Waals surface area contributed by atoms with Crippen LogP contribution < -0.4 is 5.32 Å². The summed E-state index contributed by atoms with van der Waals surface area (Å²) in [6, 6.07) is -0.744. The van der Waals surface area contributed by atoms with Gasteiger partial charge in [0.15, 0.2) is 0 Å². The van der Waals surface area contributed by atoms with Crippen LogP contribution in [0.2, 0.25) is 0 Å². The minimum absolute atomic E-state index is 0.0147. The zero-order valence-electron chi connectivity index (χ0n) is 39.9. The lowest BCUT2D eigenvalue weighted by atomic mass is 10.0. The van der Waals surface area contributed by atoms with Crippen molar-refractivity contribution in [2.45, 2.75) is 308 Å². The first-order chi connectivity index (χ1) is 29.0. The number of aliphatic hydroxyl groups excluding tert-OH is 3. The number of aliphatic hydroxyl groups is 3. The molecule has 0 bridgehead atoms. The number of nitrogens with one attached hydrogen (secondary N) is 1. The summed E-state index contributed by atoms with van der Waals surface area (Å²) < 4.78 is 0. The molecule has 0 rings (SSSR count). The van der Waals surface area contributed by atoms with Crippen LogP contribution in [0.5, 0.6) is 0 Å². The number of hydrogen-bond acceptors (Lipinski definition) is 4. The molecule has 0 saturated heterocycles. The van der Waals surface area contributed by atoms with Gasteiger partial charge in [-0.05, 0) is 44.9 Å². The molecule has 0 aromatic carbocycles. The third kappa shape index (κ3) is 46.2. The van der Waals surface area contributed by atoms with Crippen molar-refractivity contribution in [2.24, 2.45) is 0 Å². The van der Waals surface area contributed by atoms with Crippen molar-refractivity contribution < 1.29 is 20.1 Å². The van der Waals surface area contributed by atoms with Crippen molar-refractivity contribution in [3.8, 4) is 0 Å². The molecule has 0 heterocycles. The van der Waals surface area contributed by atoms with E-state index < -0.39 is 18.2 Å². The molecule has 0 spiro atoms. The van der Waals surface area contributed by atoms with Gasteiger partial charge in [-0.15, -0.1) is 0 Å². The van der Waals surface area contributed by atoms with E-state index in [0.29, 0.717) is 6.42 Å². The highest BCUT2D eigenvalue weighted by Gasteiger charge is 2.20. The molecule has 4 N–H and O–H groups in total. The zero-order chi connectivity index (χ0) is 43.0. The highest BCUT2D eigenvalue weighted by Crippen LogP contribution is 2.17. The van der Waals surface area contributed by atoms with Crippen LogP contribution in [0.3, 0.4) is 0 Å². The predicted molar refractivity (Wildman–Crippen MR) is 259 cm³/mol. The van der Waals surface area contributed by atoms with Crippen LogP contribution in [-0.2, 0) is 4.79 Å². The van der Waals surface area contributed by atoms with Gasteiger partial charge in [0, 0.05) is 0 Å². The Bertz CT molecular complexity index is 874. The van der Waals surface area contributed by atoms with Crippen molar-refractivity contribution in [3.05, 3.63) is 24.3 Å². The zero-order valence-corrected chi connectivity index (χ0v) is 39.9. The quantitative estimate of drug-likeness (QED) is 0.0363. The maximum Gasteiger partial charge on any atom is 0.222 e. The maximum atomic E-state index is 12.5. The van der Waals surface area contributed by atoms with Crippen LogP contribution in [-0.4, -0.2) is 46.1 Å². The van der Waals surface area contributed by atoms with Gasteiger partial charge in [-0.25, -0.2) is 0 Å². The highest BCUT2D eigenvalue weighted by molar-refractivity contribution is 5.76. The summed E-state index contributed by atoms with van der Waals surface area (Å²) in [7, 11) is 0. The van der Waals surface area contributed by atoms with E-state index in [4.69, 9.17) is 0 Å². The van der Waals surface area contributed by atoms with E-state index in [0.717, 1.165) is 25.7 Å². The summed E-state index contributed by atoms with van der Waals surface area (Å²) >= 11 is 0. The second-order valence-electron chi connectivity index (χ2n) is 18.5. The molecule has 0 saturated carbocycles. The van der Waals surface area contributed by atoms with E-state index in [1.165, 1.54) is 238 Å². The molecule has 3 unspecified atom stereocenters. The molecule has 5 nitrogen and oxygen atoms in total. The van der Waals surface area contributed by atoms with Gasteiger partial charge in [-0.1, -0.05) is 263 Å². The Morgan fingerprint density at radius 2 is 0.712 bits per heavy atom. The Morgan fingerprint density at radius 1 is 0.424 bits per heavy atom. The minimum atomic E-state index is -0.928. The summed E-state index contributed by atoms with van der Waals surface area (Å²) in [4.78, 5) is 12.5. The molecule has 3 atom stereocenters. The first-order valence-electron chi connectivity index (χ1n) is 26.6. The number of carbonyl (C=O) groups excluding carboxylic acids is 1. The topological polar surface area (TPSA) is 89.8 Å². The van der Waals surface area contributed by atoms with Crippen LogP contribution in [0.4, 0.5) is 0 Å². The fraction of sp³-hybridized carbons (Fsp3) is 0.907. The normalized spacial score (nSPS) is 13.5. The molecular formula is C54H105NO4. The molecule has 0 radical (unpaired) electrons. The van der Waals surface area contributed by atoms with Gasteiger partial charge in [0.1, 0.15) is 0 Å². The Labute approximate surface area is 369 Å². The third-order valence-corrected chi connectivity index (χ3v) is 12.5. The molecule has 0 aromatic heterocycles. The average Bonchev–Trinajstić information content (AvgIpc) is 3.23. The second kappa shape index (κ2) is 49.5. The van der Waals surface area contributed by atoms with Crippen LogP contribution in [0.25, 0.3) is 0 Å². The van der Waals surface area contributed by atoms with Gasteiger partial charge in [0.25, 0.3) is 0 Å². The smallest absolute Gasteiger partial charge is 0.222 e. The van der Waals surface area contributed by atoms with Gasteiger partial charge in [0.2, 0.25) is 5.91 Å². The molecule has 350 valence electrons. The number of allylic oxidation sites excluding steroid dienone is 3.